The summed E-state index contributed by atoms with van der Waals surface area (Å²) in [6.07, 6.45) is 0. The van der Waals surface area contributed by atoms with Crippen molar-refractivity contribution in [2.24, 2.45) is 0 Å². The smallest absolute Gasteiger partial charge is 0.275 e. The van der Waals surface area contributed by atoms with Gasteiger partial charge in [-0.1, -0.05) is 12.1 Å². The Hall–Kier alpha value is -3.16. The summed E-state index contributed by atoms with van der Waals surface area (Å²) in [7, 11) is 1.76. The molecule has 1 atom stereocenters. The van der Waals surface area contributed by atoms with Crippen LogP contribution in [0.25, 0.3) is 11.0 Å². The second-order valence-electron chi connectivity index (χ2n) is 6.95. The van der Waals surface area contributed by atoms with E-state index in [1.165, 1.54) is 0 Å². The van der Waals surface area contributed by atoms with Gasteiger partial charge in [-0.05, 0) is 32.0 Å². The summed E-state index contributed by atoms with van der Waals surface area (Å²) in [6, 6.07) is 9.22. The predicted molar refractivity (Wildman–Crippen MR) is 100 cm³/mol. The van der Waals surface area contributed by atoms with Crippen LogP contribution in [0.4, 0.5) is 0 Å². The number of likely N-dealkylation sites (N-methyl/N-ethyl adjacent to an activating group) is 1. The number of amides is 2. The van der Waals surface area contributed by atoms with E-state index in [4.69, 9.17) is 0 Å². The highest BCUT2D eigenvalue weighted by Gasteiger charge is 2.33. The molecule has 1 saturated heterocycles. The third-order valence-electron chi connectivity index (χ3n) is 5.16. The number of benzene rings is 1. The number of nitrogens with one attached hydrogen (secondary N) is 1. The van der Waals surface area contributed by atoms with Crippen LogP contribution in [0.1, 0.15) is 28.9 Å². The lowest BCUT2D eigenvalue weighted by Crippen LogP contribution is -2.56. The number of carbonyl (C=O) groups excluding carboxylic acids is 2. The van der Waals surface area contributed by atoms with Gasteiger partial charge in [0.1, 0.15) is 11.9 Å². The Morgan fingerprint density at radius 2 is 2.07 bits per heavy atom. The van der Waals surface area contributed by atoms with Crippen molar-refractivity contribution in [3.63, 3.8) is 0 Å². The molecule has 1 aromatic carbocycles. The Bertz CT molecular complexity index is 1020. The van der Waals surface area contributed by atoms with Gasteiger partial charge in [0.2, 0.25) is 5.91 Å². The van der Waals surface area contributed by atoms with Gasteiger partial charge in [-0.2, -0.15) is 5.10 Å². The Morgan fingerprint density at radius 1 is 1.30 bits per heavy atom. The van der Waals surface area contributed by atoms with E-state index in [9.17, 15) is 9.59 Å². The number of para-hydroxylation sites is 2. The van der Waals surface area contributed by atoms with Crippen LogP contribution >= 0.6 is 0 Å². The fraction of sp³-hybridized carbons (Fsp3) is 0.368. The maximum Gasteiger partial charge on any atom is 0.275 e. The molecular weight excluding hydrogens is 344 g/mol. The van der Waals surface area contributed by atoms with Gasteiger partial charge >= 0.3 is 0 Å². The van der Waals surface area contributed by atoms with E-state index in [1.54, 1.807) is 29.8 Å². The number of rotatable bonds is 3. The normalized spacial score (nSPS) is 17.7. The van der Waals surface area contributed by atoms with Crippen molar-refractivity contribution < 1.29 is 9.59 Å². The summed E-state index contributed by atoms with van der Waals surface area (Å²) in [5.41, 5.74) is 3.13. The highest BCUT2D eigenvalue weighted by molar-refractivity contribution is 5.96. The van der Waals surface area contributed by atoms with E-state index in [2.05, 4.69) is 19.7 Å². The van der Waals surface area contributed by atoms with Crippen LogP contribution in [-0.2, 0) is 11.3 Å². The van der Waals surface area contributed by atoms with Crippen LogP contribution < -0.4 is 0 Å². The first kappa shape index (κ1) is 17.3. The average molecular weight is 366 g/mol. The van der Waals surface area contributed by atoms with Crippen LogP contribution in [0.2, 0.25) is 0 Å². The zero-order valence-corrected chi connectivity index (χ0v) is 15.6. The number of carbonyl (C=O) groups is 2. The Labute approximate surface area is 156 Å². The number of aryl methyl sites for hydroxylation is 1. The van der Waals surface area contributed by atoms with E-state index in [-0.39, 0.29) is 11.8 Å². The molecule has 1 aliphatic heterocycles. The molecule has 0 unspecified atom stereocenters. The highest BCUT2D eigenvalue weighted by Crippen LogP contribution is 2.18. The molecule has 2 aromatic heterocycles. The number of piperazine rings is 1. The first-order valence-electron chi connectivity index (χ1n) is 8.98. The molecule has 0 radical (unpaired) electrons. The maximum absolute atomic E-state index is 12.8. The molecule has 2 amide bonds. The van der Waals surface area contributed by atoms with Gasteiger partial charge in [-0.25, -0.2) is 4.98 Å². The van der Waals surface area contributed by atoms with E-state index in [0.717, 1.165) is 22.6 Å². The highest BCUT2D eigenvalue weighted by atomic mass is 16.2. The van der Waals surface area contributed by atoms with Gasteiger partial charge in [-0.15, -0.1) is 0 Å². The summed E-state index contributed by atoms with van der Waals surface area (Å²) in [5.74, 6) is 0.626. The fourth-order valence-corrected chi connectivity index (χ4v) is 3.56. The Balaban J connectivity index is 1.56. The molecule has 27 heavy (non-hydrogen) atoms. The van der Waals surface area contributed by atoms with Crippen LogP contribution in [0.5, 0.6) is 0 Å². The molecule has 8 nitrogen and oxygen atoms in total. The SMILES string of the molecule is Cc1nc2ccccc2n1Cc1cc(C(=O)N2CCN(C)C(=O)[C@@H]2C)n[nH]1. The Kier molecular flexibility index (Phi) is 4.18. The molecule has 0 bridgehead atoms. The minimum Gasteiger partial charge on any atom is -0.342 e. The van der Waals surface area contributed by atoms with Crippen molar-refractivity contribution in [3.05, 3.63) is 47.5 Å². The van der Waals surface area contributed by atoms with Crippen molar-refractivity contribution in [1.82, 2.24) is 29.5 Å². The molecule has 0 spiro atoms. The van der Waals surface area contributed by atoms with Gasteiger partial charge in [0.25, 0.3) is 5.91 Å². The summed E-state index contributed by atoms with van der Waals surface area (Å²) in [4.78, 5) is 32.7. The van der Waals surface area contributed by atoms with Crippen molar-refractivity contribution in [2.45, 2.75) is 26.4 Å². The van der Waals surface area contributed by atoms with Crippen LogP contribution in [0.15, 0.2) is 30.3 Å². The van der Waals surface area contributed by atoms with Gasteiger partial charge in [0.05, 0.1) is 23.3 Å². The molecule has 140 valence electrons. The molecule has 3 heterocycles. The lowest BCUT2D eigenvalue weighted by Gasteiger charge is -2.36. The van der Waals surface area contributed by atoms with Gasteiger partial charge < -0.3 is 14.4 Å². The van der Waals surface area contributed by atoms with Crippen molar-refractivity contribution in [3.8, 4) is 0 Å². The zero-order valence-electron chi connectivity index (χ0n) is 15.6. The van der Waals surface area contributed by atoms with Gasteiger partial charge in [0, 0.05) is 20.1 Å². The molecular formula is C19H22N6O2. The number of imidazole rings is 1. The number of H-pyrrole nitrogens is 1. The van der Waals surface area contributed by atoms with Gasteiger partial charge in [0.15, 0.2) is 5.69 Å². The summed E-state index contributed by atoms with van der Waals surface area (Å²) >= 11 is 0. The van der Waals surface area contributed by atoms with Crippen molar-refractivity contribution in [1.29, 1.82) is 0 Å². The lowest BCUT2D eigenvalue weighted by molar-refractivity contribution is -0.137. The number of aromatic amines is 1. The number of hydrogen-bond donors (Lipinski definition) is 1. The van der Waals surface area contributed by atoms with Crippen molar-refractivity contribution >= 4 is 22.8 Å². The monoisotopic (exact) mass is 366 g/mol. The van der Waals surface area contributed by atoms with E-state index in [1.807, 2.05) is 31.2 Å². The second-order valence-corrected chi connectivity index (χ2v) is 6.95. The molecule has 4 rings (SSSR count). The fourth-order valence-electron chi connectivity index (χ4n) is 3.56. The molecule has 1 aliphatic rings. The number of hydrogen-bond acceptors (Lipinski definition) is 4. The first-order chi connectivity index (χ1) is 13.0. The minimum atomic E-state index is -0.476. The van der Waals surface area contributed by atoms with Crippen LogP contribution in [-0.4, -0.2) is 67.5 Å². The van der Waals surface area contributed by atoms with E-state index >= 15 is 0 Å². The van der Waals surface area contributed by atoms with Crippen molar-refractivity contribution in [2.75, 3.05) is 20.1 Å². The third kappa shape index (κ3) is 2.97. The third-order valence-corrected chi connectivity index (χ3v) is 5.16. The molecule has 1 fully saturated rings. The van der Waals surface area contributed by atoms with Crippen LogP contribution in [0.3, 0.4) is 0 Å². The minimum absolute atomic E-state index is 0.0501. The Morgan fingerprint density at radius 3 is 2.89 bits per heavy atom. The zero-order chi connectivity index (χ0) is 19.1. The van der Waals surface area contributed by atoms with E-state index in [0.29, 0.717) is 25.3 Å². The topological polar surface area (TPSA) is 87.1 Å². The van der Waals surface area contributed by atoms with Gasteiger partial charge in [-0.3, -0.25) is 14.7 Å². The molecule has 0 saturated carbocycles. The number of nitrogens with zero attached hydrogens (tertiary/aromatic N) is 5. The quantitative estimate of drug-likeness (QED) is 0.759. The maximum atomic E-state index is 12.8. The molecule has 1 N–H and O–H groups in total. The number of aromatic nitrogens is 4. The second kappa shape index (κ2) is 6.53. The largest absolute Gasteiger partial charge is 0.342 e. The summed E-state index contributed by atoms with van der Waals surface area (Å²) in [5, 5.41) is 7.13. The first-order valence-corrected chi connectivity index (χ1v) is 8.98. The van der Waals surface area contributed by atoms with Crippen LogP contribution in [0, 0.1) is 6.92 Å². The molecule has 0 aliphatic carbocycles. The summed E-state index contributed by atoms with van der Waals surface area (Å²) in [6.45, 7) is 5.30. The standard InChI is InChI=1S/C19H22N6O2/c1-12-18(26)23(3)8-9-24(12)19(27)16-10-14(21-22-16)11-25-13(2)20-15-6-4-5-7-17(15)25/h4-7,10,12H,8-9,11H2,1-3H3,(H,21,22)/t12-/m0/s1. The lowest BCUT2D eigenvalue weighted by atomic mass is 10.1. The average Bonchev–Trinajstić information content (AvgIpc) is 3.25. The molecule has 8 heteroatoms. The number of fused-ring (bicyclic) bond motifs is 1. The van der Waals surface area contributed by atoms with E-state index < -0.39 is 6.04 Å². The molecule has 3 aromatic rings. The summed E-state index contributed by atoms with van der Waals surface area (Å²) < 4.78 is 2.08. The predicted octanol–water partition coefficient (Wildman–Crippen LogP) is 1.42.